The van der Waals surface area contributed by atoms with Crippen molar-refractivity contribution in [1.29, 1.82) is 0 Å². The first-order chi connectivity index (χ1) is 10.2. The van der Waals surface area contributed by atoms with Gasteiger partial charge in [0.1, 0.15) is 11.6 Å². The molecule has 0 radical (unpaired) electrons. The van der Waals surface area contributed by atoms with Crippen LogP contribution in [0.2, 0.25) is 0 Å². The van der Waals surface area contributed by atoms with E-state index in [1.54, 1.807) is 12.1 Å². The van der Waals surface area contributed by atoms with E-state index in [1.165, 1.54) is 12.1 Å². The van der Waals surface area contributed by atoms with Crippen LogP contribution < -0.4 is 10.1 Å². The fraction of sp³-hybridized carbons (Fsp3) is 0.294. The summed E-state index contributed by atoms with van der Waals surface area (Å²) in [4.78, 5) is 0. The van der Waals surface area contributed by atoms with Crippen LogP contribution in [-0.4, -0.2) is 18.3 Å². The largest absolute Gasteiger partial charge is 0.494 e. The van der Waals surface area contributed by atoms with E-state index in [1.807, 2.05) is 24.3 Å². The van der Waals surface area contributed by atoms with Crippen LogP contribution in [0, 0.1) is 5.82 Å². The molecule has 0 bridgehead atoms. The number of hydrogen-bond donors (Lipinski definition) is 2. The Morgan fingerprint density at radius 2 is 1.95 bits per heavy atom. The molecule has 0 saturated heterocycles. The summed E-state index contributed by atoms with van der Waals surface area (Å²) in [7, 11) is 0. The Morgan fingerprint density at radius 1 is 1.19 bits per heavy atom. The van der Waals surface area contributed by atoms with Gasteiger partial charge in [0.25, 0.3) is 0 Å². The Kier molecular flexibility index (Phi) is 5.58. The number of aliphatic hydroxyl groups is 1. The van der Waals surface area contributed by atoms with Gasteiger partial charge in [0.2, 0.25) is 0 Å². The summed E-state index contributed by atoms with van der Waals surface area (Å²) in [6, 6.07) is 13.5. The quantitative estimate of drug-likeness (QED) is 0.815. The maximum atomic E-state index is 13.2. The van der Waals surface area contributed by atoms with E-state index in [0.29, 0.717) is 12.3 Å². The summed E-state index contributed by atoms with van der Waals surface area (Å²) in [5.74, 6) is 0.503. The van der Waals surface area contributed by atoms with Gasteiger partial charge in [0, 0.05) is 5.69 Å². The molecular formula is C17H20FNO2. The zero-order valence-corrected chi connectivity index (χ0v) is 12.1. The first-order valence-corrected chi connectivity index (χ1v) is 7.08. The number of rotatable bonds is 7. The molecule has 0 aliphatic rings. The number of anilines is 1. The van der Waals surface area contributed by atoms with Crippen molar-refractivity contribution in [3.8, 4) is 5.75 Å². The number of benzene rings is 2. The first-order valence-electron chi connectivity index (χ1n) is 7.08. The topological polar surface area (TPSA) is 41.5 Å². The molecule has 21 heavy (non-hydrogen) atoms. The van der Waals surface area contributed by atoms with Crippen molar-refractivity contribution >= 4 is 5.69 Å². The van der Waals surface area contributed by atoms with Gasteiger partial charge in [-0.3, -0.25) is 0 Å². The Balaban J connectivity index is 2.06. The van der Waals surface area contributed by atoms with Crippen molar-refractivity contribution in [1.82, 2.24) is 0 Å². The molecule has 0 heterocycles. The van der Waals surface area contributed by atoms with E-state index in [-0.39, 0.29) is 18.5 Å². The van der Waals surface area contributed by atoms with Gasteiger partial charge in [-0.25, -0.2) is 4.39 Å². The predicted molar refractivity (Wildman–Crippen MR) is 82.1 cm³/mol. The molecule has 2 rings (SSSR count). The zero-order valence-electron chi connectivity index (χ0n) is 12.1. The van der Waals surface area contributed by atoms with E-state index in [4.69, 9.17) is 4.74 Å². The van der Waals surface area contributed by atoms with Crippen molar-refractivity contribution in [2.45, 2.75) is 19.4 Å². The molecule has 112 valence electrons. The lowest BCUT2D eigenvalue weighted by Crippen LogP contribution is -2.14. The van der Waals surface area contributed by atoms with Crippen LogP contribution in [0.4, 0.5) is 10.1 Å². The third kappa shape index (κ3) is 4.46. The summed E-state index contributed by atoms with van der Waals surface area (Å²) >= 11 is 0. The van der Waals surface area contributed by atoms with Crippen LogP contribution in [0.15, 0.2) is 48.5 Å². The van der Waals surface area contributed by atoms with Gasteiger partial charge in [-0.2, -0.15) is 0 Å². The summed E-state index contributed by atoms with van der Waals surface area (Å²) in [6.45, 7) is 2.66. The lowest BCUT2D eigenvalue weighted by atomic mass is 10.1. The molecule has 0 aromatic heterocycles. The second-order valence-corrected chi connectivity index (χ2v) is 4.81. The highest BCUT2D eigenvalue weighted by Gasteiger charge is 2.10. The van der Waals surface area contributed by atoms with Crippen LogP contribution in [0.1, 0.15) is 24.9 Å². The normalized spacial score (nSPS) is 12.0. The fourth-order valence-electron chi connectivity index (χ4n) is 2.03. The number of aliphatic hydroxyl groups excluding tert-OH is 1. The molecule has 2 aromatic rings. The summed E-state index contributed by atoms with van der Waals surface area (Å²) in [6.07, 6.45) is 0.960. The zero-order chi connectivity index (χ0) is 15.1. The van der Waals surface area contributed by atoms with Crippen molar-refractivity contribution < 1.29 is 14.2 Å². The minimum atomic E-state index is -0.306. The average Bonchev–Trinajstić information content (AvgIpc) is 2.51. The minimum absolute atomic E-state index is 0.0777. The van der Waals surface area contributed by atoms with Gasteiger partial charge < -0.3 is 15.2 Å². The molecule has 0 aliphatic heterocycles. The molecule has 3 nitrogen and oxygen atoms in total. The van der Waals surface area contributed by atoms with E-state index >= 15 is 0 Å². The van der Waals surface area contributed by atoms with E-state index < -0.39 is 0 Å². The molecular weight excluding hydrogens is 269 g/mol. The monoisotopic (exact) mass is 289 g/mol. The third-order valence-electron chi connectivity index (χ3n) is 3.10. The Morgan fingerprint density at radius 3 is 2.57 bits per heavy atom. The molecule has 0 amide bonds. The highest BCUT2D eigenvalue weighted by Crippen LogP contribution is 2.22. The van der Waals surface area contributed by atoms with E-state index in [0.717, 1.165) is 17.7 Å². The highest BCUT2D eigenvalue weighted by molar-refractivity contribution is 5.46. The molecule has 1 unspecified atom stereocenters. The summed E-state index contributed by atoms with van der Waals surface area (Å²) < 4.78 is 18.7. The van der Waals surface area contributed by atoms with Crippen molar-refractivity contribution in [3.63, 3.8) is 0 Å². The molecule has 0 spiro atoms. The molecule has 2 aromatic carbocycles. The van der Waals surface area contributed by atoms with Crippen LogP contribution in [0.25, 0.3) is 0 Å². The van der Waals surface area contributed by atoms with Crippen molar-refractivity contribution in [2.24, 2.45) is 0 Å². The van der Waals surface area contributed by atoms with Gasteiger partial charge in [-0.05, 0) is 42.3 Å². The van der Waals surface area contributed by atoms with Crippen LogP contribution in [0.3, 0.4) is 0 Å². The minimum Gasteiger partial charge on any atom is -0.494 e. The standard InChI is InChI=1S/C17H20FNO2/c1-2-10-21-16-8-6-13(7-9-16)17(12-20)19-15-5-3-4-14(18)11-15/h3-9,11,17,19-20H,2,10,12H2,1H3. The number of nitrogens with one attached hydrogen (secondary N) is 1. The Hall–Kier alpha value is -2.07. The SMILES string of the molecule is CCCOc1ccc(C(CO)Nc2cccc(F)c2)cc1. The van der Waals surface area contributed by atoms with Crippen LogP contribution in [-0.2, 0) is 0 Å². The maximum Gasteiger partial charge on any atom is 0.125 e. The second-order valence-electron chi connectivity index (χ2n) is 4.81. The molecule has 0 saturated carbocycles. The number of halogens is 1. The maximum absolute atomic E-state index is 13.2. The average molecular weight is 289 g/mol. The Labute approximate surface area is 124 Å². The number of ether oxygens (including phenoxy) is 1. The molecule has 0 fully saturated rings. The first kappa shape index (κ1) is 15.3. The lowest BCUT2D eigenvalue weighted by Gasteiger charge is -2.18. The van der Waals surface area contributed by atoms with Gasteiger partial charge in [-0.15, -0.1) is 0 Å². The van der Waals surface area contributed by atoms with Gasteiger partial charge in [0.15, 0.2) is 0 Å². The highest BCUT2D eigenvalue weighted by atomic mass is 19.1. The van der Waals surface area contributed by atoms with E-state index in [2.05, 4.69) is 12.2 Å². The molecule has 1 atom stereocenters. The van der Waals surface area contributed by atoms with Crippen LogP contribution >= 0.6 is 0 Å². The third-order valence-corrected chi connectivity index (χ3v) is 3.10. The smallest absolute Gasteiger partial charge is 0.125 e. The molecule has 4 heteroatoms. The summed E-state index contributed by atoms with van der Waals surface area (Å²) in [5.41, 5.74) is 1.56. The molecule has 0 aliphatic carbocycles. The summed E-state index contributed by atoms with van der Waals surface area (Å²) in [5, 5.41) is 12.7. The second kappa shape index (κ2) is 7.64. The van der Waals surface area contributed by atoms with Crippen molar-refractivity contribution in [3.05, 3.63) is 59.9 Å². The lowest BCUT2D eigenvalue weighted by molar-refractivity contribution is 0.276. The van der Waals surface area contributed by atoms with Gasteiger partial charge >= 0.3 is 0 Å². The predicted octanol–water partition coefficient (Wildman–Crippen LogP) is 3.76. The van der Waals surface area contributed by atoms with Gasteiger partial charge in [0.05, 0.1) is 19.3 Å². The molecule has 2 N–H and O–H groups in total. The fourth-order valence-corrected chi connectivity index (χ4v) is 2.03. The van der Waals surface area contributed by atoms with Crippen LogP contribution in [0.5, 0.6) is 5.75 Å². The van der Waals surface area contributed by atoms with Crippen molar-refractivity contribution in [2.75, 3.05) is 18.5 Å². The van der Waals surface area contributed by atoms with Gasteiger partial charge in [-0.1, -0.05) is 25.1 Å². The van der Waals surface area contributed by atoms with E-state index in [9.17, 15) is 9.50 Å². The number of hydrogen-bond acceptors (Lipinski definition) is 3. The Bertz CT molecular complexity index is 557.